The van der Waals surface area contributed by atoms with Crippen molar-refractivity contribution < 1.29 is 19.1 Å². The van der Waals surface area contributed by atoms with Gasteiger partial charge in [0.1, 0.15) is 23.8 Å². The Kier molecular flexibility index (Phi) is 8.97. The summed E-state index contributed by atoms with van der Waals surface area (Å²) in [6, 6.07) is 23.2. The van der Waals surface area contributed by atoms with E-state index in [0.29, 0.717) is 53.4 Å². The number of halogens is 1. The number of alkyl halides is 1. The summed E-state index contributed by atoms with van der Waals surface area (Å²) >= 11 is 7.31. The lowest BCUT2D eigenvalue weighted by Crippen LogP contribution is -2.33. The fourth-order valence-corrected chi connectivity index (χ4v) is 6.55. The standard InChI is InChI=1S/C36H35ClN4O4S/c1-22-24(10-8-13-29(22)44-20-18-37)25-15-16-31(39-32(25)34(43)45-36(2,3)4)41-19-17-23-9-7-11-26(27(23)21-41)33(42)40-35-38-28-12-5-6-14-30(28)46-35/h5-16H,17-21H2,1-4H3,(H,38,40,42). The molecule has 0 atom stereocenters. The summed E-state index contributed by atoms with van der Waals surface area (Å²) in [5.41, 5.74) is 5.35. The second-order valence-electron chi connectivity index (χ2n) is 12.1. The summed E-state index contributed by atoms with van der Waals surface area (Å²) in [4.78, 5) is 38.8. The smallest absolute Gasteiger partial charge is 0.358 e. The fraction of sp³-hybridized carbons (Fsp3) is 0.278. The van der Waals surface area contributed by atoms with Crippen LogP contribution in [0.5, 0.6) is 5.75 Å². The molecule has 3 aromatic carbocycles. The maximum absolute atomic E-state index is 13.6. The Labute approximate surface area is 277 Å². The minimum absolute atomic E-state index is 0.206. The number of ether oxygens (including phenoxy) is 2. The van der Waals surface area contributed by atoms with Crippen LogP contribution in [0.4, 0.5) is 10.9 Å². The van der Waals surface area contributed by atoms with E-state index in [-0.39, 0.29) is 11.6 Å². The monoisotopic (exact) mass is 654 g/mol. The number of nitrogens with one attached hydrogen (secondary N) is 1. The summed E-state index contributed by atoms with van der Waals surface area (Å²) in [6.45, 7) is 8.97. The van der Waals surface area contributed by atoms with E-state index in [1.54, 1.807) is 0 Å². The number of carbonyl (C=O) groups is 2. The quantitative estimate of drug-likeness (QED) is 0.134. The Morgan fingerprint density at radius 1 is 0.978 bits per heavy atom. The van der Waals surface area contributed by atoms with Crippen LogP contribution in [0.1, 0.15) is 58.3 Å². The molecule has 46 heavy (non-hydrogen) atoms. The number of fused-ring (bicyclic) bond motifs is 2. The largest absolute Gasteiger partial charge is 0.492 e. The van der Waals surface area contributed by atoms with Crippen molar-refractivity contribution in [3.63, 3.8) is 0 Å². The number of hydrogen-bond donors (Lipinski definition) is 1. The highest BCUT2D eigenvalue weighted by molar-refractivity contribution is 7.22. The Morgan fingerprint density at radius 3 is 2.57 bits per heavy atom. The first-order chi connectivity index (χ1) is 22.1. The Hall–Kier alpha value is -4.47. The molecule has 0 fully saturated rings. The Bertz CT molecular complexity index is 1900. The van der Waals surface area contributed by atoms with Crippen LogP contribution in [0.25, 0.3) is 21.3 Å². The number of para-hydroxylation sites is 1. The van der Waals surface area contributed by atoms with E-state index in [1.165, 1.54) is 11.3 Å². The molecule has 0 saturated heterocycles. The van der Waals surface area contributed by atoms with Gasteiger partial charge in [0.15, 0.2) is 10.8 Å². The summed E-state index contributed by atoms with van der Waals surface area (Å²) in [6.07, 6.45) is 0.724. The number of esters is 1. The van der Waals surface area contributed by atoms with Crippen molar-refractivity contribution in [2.75, 3.05) is 29.2 Å². The first kappa shape index (κ1) is 31.5. The number of hydrogen-bond acceptors (Lipinski definition) is 8. The fourth-order valence-electron chi connectivity index (χ4n) is 5.61. The number of nitrogens with zero attached hydrogens (tertiary/aromatic N) is 3. The van der Waals surface area contributed by atoms with Gasteiger partial charge >= 0.3 is 5.97 Å². The second kappa shape index (κ2) is 13.1. The zero-order valence-electron chi connectivity index (χ0n) is 26.2. The van der Waals surface area contributed by atoms with Gasteiger partial charge in [-0.1, -0.05) is 47.7 Å². The molecule has 236 valence electrons. The maximum atomic E-state index is 13.6. The Balaban J connectivity index is 1.33. The lowest BCUT2D eigenvalue weighted by atomic mass is 9.94. The van der Waals surface area contributed by atoms with Gasteiger partial charge in [-0.25, -0.2) is 14.8 Å². The van der Waals surface area contributed by atoms with E-state index < -0.39 is 11.6 Å². The van der Waals surface area contributed by atoms with Gasteiger partial charge in [0, 0.05) is 24.2 Å². The van der Waals surface area contributed by atoms with Crippen molar-refractivity contribution >= 4 is 56.0 Å². The molecule has 2 aromatic heterocycles. The molecular weight excluding hydrogens is 620 g/mol. The number of pyridine rings is 1. The summed E-state index contributed by atoms with van der Waals surface area (Å²) in [7, 11) is 0. The maximum Gasteiger partial charge on any atom is 0.358 e. The molecule has 1 amide bonds. The molecule has 5 aromatic rings. The molecule has 10 heteroatoms. The summed E-state index contributed by atoms with van der Waals surface area (Å²) < 4.78 is 12.7. The first-order valence-electron chi connectivity index (χ1n) is 15.2. The zero-order chi connectivity index (χ0) is 32.4. The molecule has 0 bridgehead atoms. The van der Waals surface area contributed by atoms with Gasteiger partial charge in [-0.2, -0.15) is 0 Å². The van der Waals surface area contributed by atoms with E-state index in [2.05, 4.69) is 21.3 Å². The van der Waals surface area contributed by atoms with E-state index in [0.717, 1.165) is 38.9 Å². The van der Waals surface area contributed by atoms with Crippen LogP contribution in [0.2, 0.25) is 0 Å². The predicted octanol–water partition coefficient (Wildman–Crippen LogP) is 8.05. The van der Waals surface area contributed by atoms with E-state index in [9.17, 15) is 9.59 Å². The van der Waals surface area contributed by atoms with Crippen molar-refractivity contribution in [3.05, 3.63) is 101 Å². The highest BCUT2D eigenvalue weighted by Gasteiger charge is 2.27. The number of aromatic nitrogens is 2. The van der Waals surface area contributed by atoms with Crippen molar-refractivity contribution in [1.29, 1.82) is 0 Å². The number of amides is 1. The van der Waals surface area contributed by atoms with Crippen LogP contribution in [0, 0.1) is 6.92 Å². The highest BCUT2D eigenvalue weighted by atomic mass is 35.5. The van der Waals surface area contributed by atoms with Gasteiger partial charge < -0.3 is 14.4 Å². The van der Waals surface area contributed by atoms with Crippen molar-refractivity contribution in [3.8, 4) is 16.9 Å². The van der Waals surface area contributed by atoms with Crippen LogP contribution >= 0.6 is 22.9 Å². The number of anilines is 2. The predicted molar refractivity (Wildman–Crippen MR) is 185 cm³/mol. The molecule has 6 rings (SSSR count). The lowest BCUT2D eigenvalue weighted by Gasteiger charge is -2.31. The number of benzene rings is 3. The van der Waals surface area contributed by atoms with Crippen LogP contribution in [-0.4, -0.2) is 46.5 Å². The Morgan fingerprint density at radius 2 is 1.78 bits per heavy atom. The molecule has 0 unspecified atom stereocenters. The molecule has 3 heterocycles. The van der Waals surface area contributed by atoms with Gasteiger partial charge in [-0.05, 0) is 92.8 Å². The SMILES string of the molecule is Cc1c(OCCCl)cccc1-c1ccc(N2CCc3cccc(C(=O)Nc4nc5ccccc5s4)c3C2)nc1C(=O)OC(C)(C)C. The van der Waals surface area contributed by atoms with E-state index in [1.807, 2.05) is 94.4 Å². The molecular formula is C36H35ClN4O4S. The molecule has 1 aliphatic heterocycles. The van der Waals surface area contributed by atoms with E-state index in [4.69, 9.17) is 26.1 Å². The minimum Gasteiger partial charge on any atom is -0.492 e. The molecule has 0 spiro atoms. The van der Waals surface area contributed by atoms with Crippen LogP contribution < -0.4 is 15.0 Å². The average Bonchev–Trinajstić information content (AvgIpc) is 3.45. The molecule has 8 nitrogen and oxygen atoms in total. The van der Waals surface area contributed by atoms with Crippen LogP contribution in [0.3, 0.4) is 0 Å². The summed E-state index contributed by atoms with van der Waals surface area (Å²) in [5, 5.41) is 3.56. The summed E-state index contributed by atoms with van der Waals surface area (Å²) in [5.74, 6) is 0.977. The topological polar surface area (TPSA) is 93.6 Å². The van der Waals surface area contributed by atoms with Gasteiger partial charge in [0.2, 0.25) is 0 Å². The first-order valence-corrected chi connectivity index (χ1v) is 16.5. The molecule has 0 aliphatic carbocycles. The minimum atomic E-state index is -0.706. The van der Waals surface area contributed by atoms with Crippen molar-refractivity contribution in [2.24, 2.45) is 0 Å². The van der Waals surface area contributed by atoms with Crippen LogP contribution in [0.15, 0.2) is 72.8 Å². The molecule has 0 saturated carbocycles. The average molecular weight is 655 g/mol. The lowest BCUT2D eigenvalue weighted by molar-refractivity contribution is 0.00638. The van der Waals surface area contributed by atoms with E-state index >= 15 is 0 Å². The highest BCUT2D eigenvalue weighted by Crippen LogP contribution is 2.35. The molecule has 0 radical (unpaired) electrons. The zero-order valence-corrected chi connectivity index (χ0v) is 27.8. The third kappa shape index (κ3) is 6.71. The van der Waals surface area contributed by atoms with Gasteiger partial charge in [0.05, 0.1) is 16.1 Å². The second-order valence-corrected chi connectivity index (χ2v) is 13.5. The number of thiazole rings is 1. The van der Waals surface area contributed by atoms with Gasteiger partial charge in [0.25, 0.3) is 5.91 Å². The molecule has 1 aliphatic rings. The van der Waals surface area contributed by atoms with Gasteiger partial charge in [-0.3, -0.25) is 10.1 Å². The number of carbonyl (C=O) groups excluding carboxylic acids is 2. The van der Waals surface area contributed by atoms with Crippen molar-refractivity contribution in [2.45, 2.75) is 46.3 Å². The number of rotatable bonds is 8. The van der Waals surface area contributed by atoms with Gasteiger partial charge in [-0.15, -0.1) is 11.6 Å². The normalized spacial score (nSPS) is 12.9. The van der Waals surface area contributed by atoms with Crippen molar-refractivity contribution in [1.82, 2.24) is 9.97 Å². The molecule has 1 N–H and O–H groups in total. The van der Waals surface area contributed by atoms with Crippen LogP contribution in [-0.2, 0) is 17.7 Å². The third-order valence-electron chi connectivity index (χ3n) is 7.74. The third-order valence-corrected chi connectivity index (χ3v) is 8.84.